The molecule has 21 heavy (non-hydrogen) atoms. The Morgan fingerprint density at radius 1 is 1.43 bits per heavy atom. The van der Waals surface area contributed by atoms with Gasteiger partial charge in [-0.3, -0.25) is 4.79 Å². The molecule has 0 aliphatic carbocycles. The van der Waals surface area contributed by atoms with Gasteiger partial charge in [0.05, 0.1) is 11.4 Å². The Hall–Kier alpha value is -1.69. The van der Waals surface area contributed by atoms with Crippen LogP contribution in [0.2, 0.25) is 0 Å². The fourth-order valence-corrected chi connectivity index (χ4v) is 2.74. The smallest absolute Gasteiger partial charge is 0.226 e. The minimum Gasteiger partial charge on any atom is -0.354 e. The van der Waals surface area contributed by atoms with Crippen LogP contribution in [-0.2, 0) is 4.79 Å². The van der Waals surface area contributed by atoms with E-state index < -0.39 is 0 Å². The zero-order chi connectivity index (χ0) is 15.0. The fraction of sp³-hybridized carbons (Fsp3) is 0.400. The first-order valence-corrected chi connectivity index (χ1v) is 7.80. The maximum atomic E-state index is 11.9. The molecule has 2 heterocycles. The van der Waals surface area contributed by atoms with E-state index in [4.69, 9.17) is 0 Å². The van der Waals surface area contributed by atoms with Crippen molar-refractivity contribution in [2.24, 2.45) is 5.92 Å². The summed E-state index contributed by atoms with van der Waals surface area (Å²) in [5.74, 6) is 0.848. The minimum atomic E-state index is 0.0385. The number of amides is 1. The van der Waals surface area contributed by atoms with Crippen molar-refractivity contribution in [1.29, 1.82) is 0 Å². The summed E-state index contributed by atoms with van der Waals surface area (Å²) in [6.07, 6.45) is 1.82. The lowest BCUT2D eigenvalue weighted by Crippen LogP contribution is -2.55. The first-order chi connectivity index (χ1) is 10.0. The zero-order valence-corrected chi connectivity index (χ0v) is 13.6. The largest absolute Gasteiger partial charge is 0.354 e. The third-order valence-electron chi connectivity index (χ3n) is 3.50. The molecule has 0 radical (unpaired) electrons. The molecule has 1 aromatic heterocycles. The van der Waals surface area contributed by atoms with Gasteiger partial charge in [-0.25, -0.2) is 9.97 Å². The van der Waals surface area contributed by atoms with Crippen molar-refractivity contribution in [1.82, 2.24) is 15.3 Å². The topological polar surface area (TPSA) is 58.1 Å². The Morgan fingerprint density at radius 2 is 2.19 bits per heavy atom. The molecule has 1 N–H and O–H groups in total. The standard InChI is InChI=1S/C15H17BrN4O/c1-9(2)18-14(21)11-7-20(8-11)15-17-6-10-5-12(16)3-4-13(10)19-15/h3-6,9,11H,7-8H2,1-2H3,(H,18,21). The summed E-state index contributed by atoms with van der Waals surface area (Å²) in [6.45, 7) is 5.30. The molecular weight excluding hydrogens is 332 g/mol. The quantitative estimate of drug-likeness (QED) is 0.924. The Balaban J connectivity index is 1.69. The summed E-state index contributed by atoms with van der Waals surface area (Å²) in [7, 11) is 0. The van der Waals surface area contributed by atoms with Crippen molar-refractivity contribution >= 4 is 38.7 Å². The number of halogens is 1. The third-order valence-corrected chi connectivity index (χ3v) is 3.99. The van der Waals surface area contributed by atoms with Crippen molar-refractivity contribution in [3.8, 4) is 0 Å². The summed E-state index contributed by atoms with van der Waals surface area (Å²) in [6, 6.07) is 6.11. The van der Waals surface area contributed by atoms with Crippen molar-refractivity contribution < 1.29 is 4.79 Å². The van der Waals surface area contributed by atoms with Crippen LogP contribution in [0.3, 0.4) is 0 Å². The molecule has 1 aliphatic heterocycles. The molecular formula is C15H17BrN4O. The zero-order valence-electron chi connectivity index (χ0n) is 12.0. The van der Waals surface area contributed by atoms with Crippen molar-refractivity contribution in [3.63, 3.8) is 0 Å². The lowest BCUT2D eigenvalue weighted by atomic mass is 9.99. The summed E-state index contributed by atoms with van der Waals surface area (Å²) in [5, 5.41) is 3.94. The van der Waals surface area contributed by atoms with E-state index in [-0.39, 0.29) is 17.9 Å². The van der Waals surface area contributed by atoms with Gasteiger partial charge >= 0.3 is 0 Å². The van der Waals surface area contributed by atoms with E-state index in [2.05, 4.69) is 31.2 Å². The van der Waals surface area contributed by atoms with Gasteiger partial charge in [-0.1, -0.05) is 15.9 Å². The highest BCUT2D eigenvalue weighted by molar-refractivity contribution is 9.10. The van der Waals surface area contributed by atoms with Gasteiger partial charge in [-0.15, -0.1) is 0 Å². The van der Waals surface area contributed by atoms with Gasteiger partial charge in [0.15, 0.2) is 0 Å². The highest BCUT2D eigenvalue weighted by Gasteiger charge is 2.34. The monoisotopic (exact) mass is 348 g/mol. The third kappa shape index (κ3) is 3.00. The minimum absolute atomic E-state index is 0.0385. The molecule has 5 nitrogen and oxygen atoms in total. The average molecular weight is 349 g/mol. The van der Waals surface area contributed by atoms with Crippen LogP contribution in [0.1, 0.15) is 13.8 Å². The Labute approximate surface area is 131 Å². The van der Waals surface area contributed by atoms with Crippen LogP contribution in [0.5, 0.6) is 0 Å². The van der Waals surface area contributed by atoms with Gasteiger partial charge < -0.3 is 10.2 Å². The molecule has 0 atom stereocenters. The van der Waals surface area contributed by atoms with E-state index >= 15 is 0 Å². The van der Waals surface area contributed by atoms with E-state index in [1.165, 1.54) is 0 Å². The number of nitrogens with one attached hydrogen (secondary N) is 1. The van der Waals surface area contributed by atoms with Crippen molar-refractivity contribution in [2.45, 2.75) is 19.9 Å². The van der Waals surface area contributed by atoms with Crippen LogP contribution in [0.4, 0.5) is 5.95 Å². The predicted octanol–water partition coefficient (Wildman–Crippen LogP) is 2.35. The molecule has 1 aliphatic rings. The van der Waals surface area contributed by atoms with Crippen molar-refractivity contribution in [3.05, 3.63) is 28.9 Å². The van der Waals surface area contributed by atoms with Crippen molar-refractivity contribution in [2.75, 3.05) is 18.0 Å². The first-order valence-electron chi connectivity index (χ1n) is 7.00. The van der Waals surface area contributed by atoms with E-state index in [9.17, 15) is 4.79 Å². The van der Waals surface area contributed by atoms with Crippen LogP contribution < -0.4 is 10.2 Å². The lowest BCUT2D eigenvalue weighted by Gasteiger charge is -2.38. The molecule has 0 spiro atoms. The molecule has 1 amide bonds. The molecule has 0 unspecified atom stereocenters. The SMILES string of the molecule is CC(C)NC(=O)C1CN(c2ncc3cc(Br)ccc3n2)C1. The molecule has 110 valence electrons. The summed E-state index contributed by atoms with van der Waals surface area (Å²) in [4.78, 5) is 22.9. The average Bonchev–Trinajstić information content (AvgIpc) is 2.36. The Morgan fingerprint density at radius 3 is 2.90 bits per heavy atom. The van der Waals surface area contributed by atoms with Gasteiger partial charge in [0, 0.05) is 35.2 Å². The lowest BCUT2D eigenvalue weighted by molar-refractivity contribution is -0.126. The Bertz CT molecular complexity index is 682. The van der Waals surface area contributed by atoms with Gasteiger partial charge in [-0.2, -0.15) is 0 Å². The number of anilines is 1. The molecule has 6 heteroatoms. The van der Waals surface area contributed by atoms with E-state index in [1.807, 2.05) is 43.1 Å². The van der Waals surface area contributed by atoms with E-state index in [0.717, 1.165) is 15.4 Å². The maximum Gasteiger partial charge on any atom is 0.226 e. The van der Waals surface area contributed by atoms with Crippen LogP contribution in [0, 0.1) is 5.92 Å². The van der Waals surface area contributed by atoms with Gasteiger partial charge in [0.1, 0.15) is 0 Å². The number of hydrogen-bond acceptors (Lipinski definition) is 4. The van der Waals surface area contributed by atoms with Crippen LogP contribution in [-0.4, -0.2) is 35.0 Å². The summed E-state index contributed by atoms with van der Waals surface area (Å²) >= 11 is 3.44. The number of rotatable bonds is 3. The van der Waals surface area contributed by atoms with Crippen LogP contribution >= 0.6 is 15.9 Å². The van der Waals surface area contributed by atoms with E-state index in [1.54, 1.807) is 0 Å². The Kier molecular flexibility index (Phi) is 3.80. The molecule has 2 aromatic rings. The highest BCUT2D eigenvalue weighted by atomic mass is 79.9. The molecule has 1 aromatic carbocycles. The molecule has 3 rings (SSSR count). The number of carbonyl (C=O) groups is 1. The van der Waals surface area contributed by atoms with Crippen LogP contribution in [0.25, 0.3) is 10.9 Å². The molecule has 1 saturated heterocycles. The second-order valence-corrected chi connectivity index (χ2v) is 6.55. The number of hydrogen-bond donors (Lipinski definition) is 1. The molecule has 0 bridgehead atoms. The van der Waals surface area contributed by atoms with Crippen LogP contribution in [0.15, 0.2) is 28.9 Å². The second-order valence-electron chi connectivity index (χ2n) is 5.64. The molecule has 1 fully saturated rings. The van der Waals surface area contributed by atoms with E-state index in [0.29, 0.717) is 19.0 Å². The second kappa shape index (κ2) is 5.60. The predicted molar refractivity (Wildman–Crippen MR) is 86.2 cm³/mol. The fourth-order valence-electron chi connectivity index (χ4n) is 2.36. The first kappa shape index (κ1) is 14.3. The van der Waals surface area contributed by atoms with Gasteiger partial charge in [0.2, 0.25) is 11.9 Å². The van der Waals surface area contributed by atoms with Gasteiger partial charge in [-0.05, 0) is 32.0 Å². The summed E-state index contributed by atoms with van der Waals surface area (Å²) in [5.41, 5.74) is 0.915. The number of nitrogens with zero attached hydrogens (tertiary/aromatic N) is 3. The highest BCUT2D eigenvalue weighted by Crippen LogP contribution is 2.24. The summed E-state index contributed by atoms with van der Waals surface area (Å²) < 4.78 is 1.01. The number of benzene rings is 1. The maximum absolute atomic E-state index is 11.9. The number of carbonyl (C=O) groups excluding carboxylic acids is 1. The number of aromatic nitrogens is 2. The normalized spacial score (nSPS) is 15.3. The number of fused-ring (bicyclic) bond motifs is 1. The molecule has 0 saturated carbocycles. The van der Waals surface area contributed by atoms with Gasteiger partial charge in [0.25, 0.3) is 0 Å².